The summed E-state index contributed by atoms with van der Waals surface area (Å²) in [7, 11) is 1.27. The monoisotopic (exact) mass is 296 g/mol. The SMILES string of the molecule is COC(CNC(=O)c1cnc(-c2ccco2)s1)C(=O)O. The zero-order valence-electron chi connectivity index (χ0n) is 10.5. The van der Waals surface area contributed by atoms with Crippen LogP contribution < -0.4 is 5.32 Å². The summed E-state index contributed by atoms with van der Waals surface area (Å²) in [6.07, 6.45) is 1.86. The lowest BCUT2D eigenvalue weighted by Gasteiger charge is -2.10. The zero-order valence-corrected chi connectivity index (χ0v) is 11.3. The van der Waals surface area contributed by atoms with Crippen LogP contribution in [0.5, 0.6) is 0 Å². The first-order valence-electron chi connectivity index (χ1n) is 5.65. The third kappa shape index (κ3) is 3.22. The van der Waals surface area contributed by atoms with Gasteiger partial charge in [-0.05, 0) is 12.1 Å². The number of aliphatic carboxylic acids is 1. The van der Waals surface area contributed by atoms with Gasteiger partial charge in [0, 0.05) is 7.11 Å². The number of carboxylic acids is 1. The van der Waals surface area contributed by atoms with Crippen LogP contribution in [0.15, 0.2) is 29.0 Å². The fourth-order valence-electron chi connectivity index (χ4n) is 1.44. The maximum atomic E-state index is 11.9. The van der Waals surface area contributed by atoms with Gasteiger partial charge in [-0.25, -0.2) is 9.78 Å². The Kier molecular flexibility index (Phi) is 4.49. The molecule has 2 aromatic heterocycles. The number of aromatic nitrogens is 1. The number of amides is 1. The van der Waals surface area contributed by atoms with Crippen LogP contribution in [-0.2, 0) is 9.53 Å². The molecule has 8 heteroatoms. The first kappa shape index (κ1) is 14.2. The number of ether oxygens (including phenoxy) is 1. The average molecular weight is 296 g/mol. The molecule has 0 saturated heterocycles. The molecule has 2 aromatic rings. The molecular weight excluding hydrogens is 284 g/mol. The molecule has 20 heavy (non-hydrogen) atoms. The predicted molar refractivity (Wildman–Crippen MR) is 70.6 cm³/mol. The van der Waals surface area contributed by atoms with Crippen molar-refractivity contribution in [2.24, 2.45) is 0 Å². The van der Waals surface area contributed by atoms with E-state index in [-0.39, 0.29) is 6.54 Å². The quantitative estimate of drug-likeness (QED) is 0.831. The summed E-state index contributed by atoms with van der Waals surface area (Å²) in [5.74, 6) is -0.952. The molecule has 2 rings (SSSR count). The summed E-state index contributed by atoms with van der Waals surface area (Å²) in [6.45, 7) is -0.112. The Balaban J connectivity index is 1.98. The Morgan fingerprint density at radius 3 is 3.00 bits per heavy atom. The van der Waals surface area contributed by atoms with Crippen molar-refractivity contribution >= 4 is 23.2 Å². The molecule has 0 spiro atoms. The van der Waals surface area contributed by atoms with Gasteiger partial charge in [0.2, 0.25) is 0 Å². The number of carboxylic acid groups (broad SMARTS) is 1. The van der Waals surface area contributed by atoms with E-state index in [1.54, 1.807) is 12.1 Å². The third-order valence-electron chi connectivity index (χ3n) is 2.47. The molecular formula is C12H12N2O5S. The van der Waals surface area contributed by atoms with Crippen molar-refractivity contribution in [1.82, 2.24) is 10.3 Å². The van der Waals surface area contributed by atoms with Crippen LogP contribution in [-0.4, -0.2) is 41.7 Å². The molecule has 0 aliphatic rings. The Morgan fingerprint density at radius 2 is 2.40 bits per heavy atom. The fourth-order valence-corrected chi connectivity index (χ4v) is 2.24. The topological polar surface area (TPSA) is 102 Å². The summed E-state index contributed by atoms with van der Waals surface area (Å²) < 4.78 is 9.90. The van der Waals surface area contributed by atoms with Gasteiger partial charge in [0.1, 0.15) is 4.88 Å². The van der Waals surface area contributed by atoms with E-state index in [2.05, 4.69) is 10.3 Å². The van der Waals surface area contributed by atoms with Crippen LogP contribution in [0.2, 0.25) is 0 Å². The maximum Gasteiger partial charge on any atom is 0.334 e. The van der Waals surface area contributed by atoms with E-state index >= 15 is 0 Å². The molecule has 0 bridgehead atoms. The highest BCUT2D eigenvalue weighted by molar-refractivity contribution is 7.16. The molecule has 0 aromatic carbocycles. The molecule has 0 saturated carbocycles. The van der Waals surface area contributed by atoms with Crippen molar-refractivity contribution in [3.05, 3.63) is 29.5 Å². The smallest absolute Gasteiger partial charge is 0.334 e. The number of hydrogen-bond donors (Lipinski definition) is 2. The summed E-state index contributed by atoms with van der Waals surface area (Å²) in [4.78, 5) is 27.0. The Hall–Kier alpha value is -2.19. The first-order valence-corrected chi connectivity index (χ1v) is 6.47. The molecule has 2 N–H and O–H groups in total. The molecule has 1 amide bonds. The summed E-state index contributed by atoms with van der Waals surface area (Å²) >= 11 is 1.16. The van der Waals surface area contributed by atoms with E-state index in [9.17, 15) is 9.59 Å². The van der Waals surface area contributed by atoms with Crippen LogP contribution in [0, 0.1) is 0 Å². The summed E-state index contributed by atoms with van der Waals surface area (Å²) in [5.41, 5.74) is 0. The van der Waals surface area contributed by atoms with Gasteiger partial charge in [-0.2, -0.15) is 0 Å². The van der Waals surface area contributed by atoms with Gasteiger partial charge in [0.15, 0.2) is 16.9 Å². The molecule has 1 unspecified atom stereocenters. The number of thiazole rings is 1. The molecule has 0 aliphatic carbocycles. The average Bonchev–Trinajstić information content (AvgIpc) is 3.09. The summed E-state index contributed by atoms with van der Waals surface area (Å²) in [5, 5.41) is 11.9. The maximum absolute atomic E-state index is 11.9. The fraction of sp³-hybridized carbons (Fsp3) is 0.250. The Labute approximate surface area is 118 Å². The van der Waals surface area contributed by atoms with Crippen LogP contribution in [0.1, 0.15) is 9.67 Å². The second-order valence-electron chi connectivity index (χ2n) is 3.78. The van der Waals surface area contributed by atoms with Crippen LogP contribution >= 0.6 is 11.3 Å². The van der Waals surface area contributed by atoms with Crippen molar-refractivity contribution < 1.29 is 23.8 Å². The lowest BCUT2D eigenvalue weighted by molar-refractivity contribution is -0.147. The Morgan fingerprint density at radius 1 is 1.60 bits per heavy atom. The molecule has 106 valence electrons. The van der Waals surface area contributed by atoms with Crippen LogP contribution in [0.4, 0.5) is 0 Å². The highest BCUT2D eigenvalue weighted by atomic mass is 32.1. The van der Waals surface area contributed by atoms with Crippen molar-refractivity contribution in [2.45, 2.75) is 6.10 Å². The van der Waals surface area contributed by atoms with Crippen molar-refractivity contribution in [1.29, 1.82) is 0 Å². The van der Waals surface area contributed by atoms with Gasteiger partial charge >= 0.3 is 5.97 Å². The van der Waals surface area contributed by atoms with Gasteiger partial charge in [-0.1, -0.05) is 0 Å². The van der Waals surface area contributed by atoms with E-state index in [1.165, 1.54) is 19.6 Å². The van der Waals surface area contributed by atoms with Gasteiger partial charge in [0.25, 0.3) is 5.91 Å². The minimum Gasteiger partial charge on any atom is -0.479 e. The van der Waals surface area contributed by atoms with Crippen molar-refractivity contribution in [3.63, 3.8) is 0 Å². The highest BCUT2D eigenvalue weighted by Gasteiger charge is 2.19. The Bertz CT molecular complexity index is 593. The predicted octanol–water partition coefficient (Wildman–Crippen LogP) is 1.23. The van der Waals surface area contributed by atoms with E-state index in [4.69, 9.17) is 14.3 Å². The number of carbonyl (C=O) groups is 2. The lowest BCUT2D eigenvalue weighted by atomic mass is 10.3. The molecule has 2 heterocycles. The second-order valence-corrected chi connectivity index (χ2v) is 4.81. The number of furan rings is 1. The molecule has 7 nitrogen and oxygen atoms in total. The van der Waals surface area contributed by atoms with Crippen molar-refractivity contribution in [3.8, 4) is 10.8 Å². The van der Waals surface area contributed by atoms with Gasteiger partial charge in [0.05, 0.1) is 19.0 Å². The largest absolute Gasteiger partial charge is 0.479 e. The van der Waals surface area contributed by atoms with Crippen LogP contribution in [0.25, 0.3) is 10.8 Å². The second kappa shape index (κ2) is 6.31. The molecule has 0 radical (unpaired) electrons. The van der Waals surface area contributed by atoms with Crippen molar-refractivity contribution in [2.75, 3.05) is 13.7 Å². The molecule has 0 fully saturated rings. The van der Waals surface area contributed by atoms with E-state index in [0.29, 0.717) is 15.6 Å². The van der Waals surface area contributed by atoms with Gasteiger partial charge in [-0.15, -0.1) is 11.3 Å². The molecule has 0 aliphatic heterocycles. The number of methoxy groups -OCH3 is 1. The van der Waals surface area contributed by atoms with E-state index in [0.717, 1.165) is 11.3 Å². The van der Waals surface area contributed by atoms with Gasteiger partial charge < -0.3 is 19.6 Å². The zero-order chi connectivity index (χ0) is 14.5. The highest BCUT2D eigenvalue weighted by Crippen LogP contribution is 2.25. The minimum absolute atomic E-state index is 0.112. The minimum atomic E-state index is -1.13. The van der Waals surface area contributed by atoms with E-state index in [1.807, 2.05) is 0 Å². The third-order valence-corrected chi connectivity index (χ3v) is 3.48. The summed E-state index contributed by atoms with van der Waals surface area (Å²) in [6, 6.07) is 3.47. The van der Waals surface area contributed by atoms with E-state index < -0.39 is 18.0 Å². The van der Waals surface area contributed by atoms with Gasteiger partial charge in [-0.3, -0.25) is 4.79 Å². The number of nitrogens with zero attached hydrogens (tertiary/aromatic N) is 1. The molecule has 1 atom stereocenters. The number of nitrogens with one attached hydrogen (secondary N) is 1. The number of hydrogen-bond acceptors (Lipinski definition) is 6. The standard InChI is InChI=1S/C12H12N2O5S/c1-18-8(12(16)17)5-13-10(15)9-6-14-11(20-9)7-3-2-4-19-7/h2-4,6,8H,5H2,1H3,(H,13,15)(H,16,17). The van der Waals surface area contributed by atoms with Crippen LogP contribution in [0.3, 0.4) is 0 Å². The number of carbonyl (C=O) groups excluding carboxylic acids is 1. The lowest BCUT2D eigenvalue weighted by Crippen LogP contribution is -2.37. The first-order chi connectivity index (χ1) is 9.61. The normalized spacial score (nSPS) is 12.1. The number of rotatable bonds is 6.